The minimum atomic E-state index is -0.190. The summed E-state index contributed by atoms with van der Waals surface area (Å²) in [4.78, 5) is 12.0. The van der Waals surface area contributed by atoms with Crippen molar-refractivity contribution in [3.8, 4) is 5.75 Å². The number of halogens is 2. The molecule has 2 N–H and O–H groups in total. The Bertz CT molecular complexity index is 662. The van der Waals surface area contributed by atoms with Gasteiger partial charge in [0.25, 0.3) is 0 Å². The minimum absolute atomic E-state index is 0.0823. The zero-order chi connectivity index (χ0) is 15.9. The molecule has 116 valence electrons. The summed E-state index contributed by atoms with van der Waals surface area (Å²) in [5.41, 5.74) is 1.29. The summed E-state index contributed by atoms with van der Waals surface area (Å²) in [6.07, 6.45) is 0. The van der Waals surface area contributed by atoms with Gasteiger partial charge in [0.05, 0.1) is 23.9 Å². The second kappa shape index (κ2) is 7.92. The Morgan fingerprint density at radius 1 is 1.18 bits per heavy atom. The van der Waals surface area contributed by atoms with Crippen LogP contribution >= 0.6 is 23.2 Å². The van der Waals surface area contributed by atoms with Crippen LogP contribution in [0.1, 0.15) is 6.92 Å². The molecular formula is C16H16Cl2N2O2. The summed E-state index contributed by atoms with van der Waals surface area (Å²) in [6.45, 7) is 2.56. The molecule has 0 spiro atoms. The lowest BCUT2D eigenvalue weighted by atomic mass is 10.3. The van der Waals surface area contributed by atoms with E-state index in [2.05, 4.69) is 10.6 Å². The molecule has 0 aliphatic heterocycles. The van der Waals surface area contributed by atoms with Crippen LogP contribution in [0.3, 0.4) is 0 Å². The van der Waals surface area contributed by atoms with Crippen LogP contribution in [0.5, 0.6) is 5.75 Å². The van der Waals surface area contributed by atoms with E-state index in [9.17, 15) is 4.79 Å². The number of carbonyl (C=O) groups is 1. The normalized spacial score (nSPS) is 10.1. The Labute approximate surface area is 139 Å². The molecule has 0 atom stereocenters. The van der Waals surface area contributed by atoms with Gasteiger partial charge < -0.3 is 15.4 Å². The first kappa shape index (κ1) is 16.5. The van der Waals surface area contributed by atoms with Crippen LogP contribution in [0.15, 0.2) is 42.5 Å². The Morgan fingerprint density at radius 2 is 2.00 bits per heavy atom. The predicted molar refractivity (Wildman–Crippen MR) is 91.2 cm³/mol. The Balaban J connectivity index is 1.93. The molecule has 0 aliphatic rings. The molecular weight excluding hydrogens is 323 g/mol. The number of amides is 1. The molecule has 0 aromatic heterocycles. The monoisotopic (exact) mass is 338 g/mol. The minimum Gasteiger partial charge on any atom is -0.494 e. The van der Waals surface area contributed by atoms with E-state index in [0.717, 1.165) is 0 Å². The summed E-state index contributed by atoms with van der Waals surface area (Å²) in [6, 6.07) is 12.3. The molecule has 4 nitrogen and oxygen atoms in total. The molecule has 0 bridgehead atoms. The highest BCUT2D eigenvalue weighted by Gasteiger charge is 2.06. The van der Waals surface area contributed by atoms with Gasteiger partial charge in [0.2, 0.25) is 5.91 Å². The largest absolute Gasteiger partial charge is 0.494 e. The molecule has 0 unspecified atom stereocenters. The van der Waals surface area contributed by atoms with Gasteiger partial charge in [0, 0.05) is 16.8 Å². The maximum absolute atomic E-state index is 12.0. The number of nitrogens with one attached hydrogen (secondary N) is 2. The molecule has 0 saturated heterocycles. The van der Waals surface area contributed by atoms with Crippen molar-refractivity contribution >= 4 is 40.5 Å². The van der Waals surface area contributed by atoms with Crippen LogP contribution in [0.4, 0.5) is 11.4 Å². The maximum Gasteiger partial charge on any atom is 0.243 e. The van der Waals surface area contributed by atoms with E-state index in [0.29, 0.717) is 33.8 Å². The quantitative estimate of drug-likeness (QED) is 0.818. The topological polar surface area (TPSA) is 50.4 Å². The van der Waals surface area contributed by atoms with Crippen molar-refractivity contribution in [2.24, 2.45) is 0 Å². The molecule has 1 amide bonds. The fourth-order valence-corrected chi connectivity index (χ4v) is 2.20. The highest BCUT2D eigenvalue weighted by atomic mass is 35.5. The summed E-state index contributed by atoms with van der Waals surface area (Å²) in [5, 5.41) is 6.80. The SMILES string of the molecule is CCOc1cccc(NC(=O)CNc2cc(Cl)ccc2Cl)c1. The molecule has 6 heteroatoms. The third-order valence-electron chi connectivity index (χ3n) is 2.80. The highest BCUT2D eigenvalue weighted by Crippen LogP contribution is 2.25. The molecule has 0 aliphatic carbocycles. The number of ether oxygens (including phenoxy) is 1. The van der Waals surface area contributed by atoms with E-state index in [4.69, 9.17) is 27.9 Å². The van der Waals surface area contributed by atoms with Gasteiger partial charge in [0.1, 0.15) is 5.75 Å². The van der Waals surface area contributed by atoms with Crippen molar-refractivity contribution in [3.63, 3.8) is 0 Å². The van der Waals surface area contributed by atoms with Crippen LogP contribution in [0, 0.1) is 0 Å². The van der Waals surface area contributed by atoms with E-state index in [1.165, 1.54) is 0 Å². The van der Waals surface area contributed by atoms with Crippen molar-refractivity contribution in [2.75, 3.05) is 23.8 Å². The lowest BCUT2D eigenvalue weighted by molar-refractivity contribution is -0.114. The van der Waals surface area contributed by atoms with Crippen LogP contribution < -0.4 is 15.4 Å². The number of rotatable bonds is 6. The third-order valence-corrected chi connectivity index (χ3v) is 3.36. The Morgan fingerprint density at radius 3 is 2.77 bits per heavy atom. The smallest absolute Gasteiger partial charge is 0.243 e. The molecule has 0 saturated carbocycles. The number of benzene rings is 2. The first-order valence-electron chi connectivity index (χ1n) is 6.80. The van der Waals surface area contributed by atoms with Crippen LogP contribution in [0.2, 0.25) is 10.0 Å². The van der Waals surface area contributed by atoms with E-state index in [1.54, 1.807) is 30.3 Å². The first-order valence-corrected chi connectivity index (χ1v) is 7.55. The average molecular weight is 339 g/mol. The van der Waals surface area contributed by atoms with Gasteiger partial charge in [0.15, 0.2) is 0 Å². The zero-order valence-electron chi connectivity index (χ0n) is 12.0. The van der Waals surface area contributed by atoms with Crippen LogP contribution in [-0.2, 0) is 4.79 Å². The van der Waals surface area contributed by atoms with Crippen molar-refractivity contribution in [1.29, 1.82) is 0 Å². The fourth-order valence-electron chi connectivity index (χ4n) is 1.84. The molecule has 0 heterocycles. The number of carbonyl (C=O) groups excluding carboxylic acids is 1. The predicted octanol–water partition coefficient (Wildman–Crippen LogP) is 4.44. The second-order valence-electron chi connectivity index (χ2n) is 4.49. The lowest BCUT2D eigenvalue weighted by Gasteiger charge is -2.10. The number of hydrogen-bond acceptors (Lipinski definition) is 3. The lowest BCUT2D eigenvalue weighted by Crippen LogP contribution is -2.21. The van der Waals surface area contributed by atoms with Gasteiger partial charge in [-0.1, -0.05) is 29.3 Å². The van der Waals surface area contributed by atoms with E-state index in [1.807, 2.05) is 19.1 Å². The van der Waals surface area contributed by atoms with Gasteiger partial charge in [-0.25, -0.2) is 0 Å². The number of anilines is 2. The molecule has 2 aromatic rings. The van der Waals surface area contributed by atoms with Gasteiger partial charge in [-0.15, -0.1) is 0 Å². The molecule has 2 rings (SSSR count). The summed E-state index contributed by atoms with van der Waals surface area (Å²) in [5.74, 6) is 0.524. The van der Waals surface area contributed by atoms with Crippen molar-refractivity contribution in [2.45, 2.75) is 6.92 Å². The molecule has 0 fully saturated rings. The van der Waals surface area contributed by atoms with Crippen LogP contribution in [-0.4, -0.2) is 19.1 Å². The Kier molecular flexibility index (Phi) is 5.92. The van der Waals surface area contributed by atoms with Gasteiger partial charge in [-0.3, -0.25) is 4.79 Å². The van der Waals surface area contributed by atoms with E-state index >= 15 is 0 Å². The van der Waals surface area contributed by atoms with E-state index in [-0.39, 0.29) is 12.5 Å². The molecule has 2 aromatic carbocycles. The average Bonchev–Trinajstić information content (AvgIpc) is 2.49. The maximum atomic E-state index is 12.0. The summed E-state index contributed by atoms with van der Waals surface area (Å²) < 4.78 is 5.39. The third kappa shape index (κ3) is 4.83. The van der Waals surface area contributed by atoms with Crippen molar-refractivity contribution < 1.29 is 9.53 Å². The Hall–Kier alpha value is -1.91. The first-order chi connectivity index (χ1) is 10.6. The highest BCUT2D eigenvalue weighted by molar-refractivity contribution is 6.35. The van der Waals surface area contributed by atoms with Gasteiger partial charge in [-0.2, -0.15) is 0 Å². The molecule has 0 radical (unpaired) electrons. The fraction of sp³-hybridized carbons (Fsp3) is 0.188. The van der Waals surface area contributed by atoms with E-state index < -0.39 is 0 Å². The van der Waals surface area contributed by atoms with Crippen molar-refractivity contribution in [1.82, 2.24) is 0 Å². The second-order valence-corrected chi connectivity index (χ2v) is 5.33. The summed E-state index contributed by atoms with van der Waals surface area (Å²) >= 11 is 11.9. The number of hydrogen-bond donors (Lipinski definition) is 2. The van der Waals surface area contributed by atoms with Crippen LogP contribution in [0.25, 0.3) is 0 Å². The summed E-state index contributed by atoms with van der Waals surface area (Å²) in [7, 11) is 0. The zero-order valence-corrected chi connectivity index (χ0v) is 13.5. The van der Waals surface area contributed by atoms with Crippen molar-refractivity contribution in [3.05, 3.63) is 52.5 Å². The standard InChI is InChI=1S/C16H16Cl2N2O2/c1-2-22-13-5-3-4-12(9-13)20-16(21)10-19-15-8-11(17)6-7-14(15)18/h3-9,19H,2,10H2,1H3,(H,20,21). The van der Waals surface area contributed by atoms with Gasteiger partial charge in [-0.05, 0) is 37.3 Å². The molecule has 22 heavy (non-hydrogen) atoms. The van der Waals surface area contributed by atoms with Gasteiger partial charge >= 0.3 is 0 Å².